The number of aryl methyl sites for hydroxylation is 2. The van der Waals surface area contributed by atoms with Crippen molar-refractivity contribution < 1.29 is 9.53 Å². The first kappa shape index (κ1) is 27.0. The standard InChI is InChI=1S/C30H33N5O3/c1-19(2)38-16-8-15-34-26(33-28(36)21-10-12-23(13-11-21)30(4,5)6)22(18-31)17-24-27(34)32-25-20(3)9-7-14-35(25)29(24)37/h7,9-14,17,19H,8,15-16H2,1-6H3. The van der Waals surface area contributed by atoms with Gasteiger partial charge in [-0.2, -0.15) is 10.3 Å². The van der Waals surface area contributed by atoms with Crippen molar-refractivity contribution in [2.45, 2.75) is 66.0 Å². The van der Waals surface area contributed by atoms with Gasteiger partial charge in [0.15, 0.2) is 5.49 Å². The van der Waals surface area contributed by atoms with Crippen LogP contribution in [0.15, 0.2) is 58.4 Å². The van der Waals surface area contributed by atoms with Crippen LogP contribution in [-0.2, 0) is 16.7 Å². The van der Waals surface area contributed by atoms with Crippen molar-refractivity contribution in [2.24, 2.45) is 4.99 Å². The largest absolute Gasteiger partial charge is 0.379 e. The summed E-state index contributed by atoms with van der Waals surface area (Å²) in [6, 6.07) is 14.6. The maximum Gasteiger partial charge on any atom is 0.278 e. The Hall–Kier alpha value is -4.09. The number of aromatic nitrogens is 3. The van der Waals surface area contributed by atoms with Gasteiger partial charge in [0, 0.05) is 24.9 Å². The molecule has 0 aliphatic rings. The highest BCUT2D eigenvalue weighted by molar-refractivity contribution is 5.95. The maximum absolute atomic E-state index is 13.4. The van der Waals surface area contributed by atoms with E-state index in [-0.39, 0.29) is 33.5 Å². The minimum atomic E-state index is -0.470. The van der Waals surface area contributed by atoms with E-state index in [4.69, 9.17) is 9.72 Å². The number of amides is 1. The van der Waals surface area contributed by atoms with Gasteiger partial charge in [0.25, 0.3) is 11.5 Å². The van der Waals surface area contributed by atoms with Crippen LogP contribution in [0.1, 0.15) is 68.1 Å². The van der Waals surface area contributed by atoms with Crippen LogP contribution >= 0.6 is 0 Å². The molecule has 0 saturated heterocycles. The molecule has 0 atom stereocenters. The first-order valence-electron chi connectivity index (χ1n) is 12.8. The molecule has 0 aliphatic carbocycles. The number of nitrogens with zero attached hydrogens (tertiary/aromatic N) is 5. The van der Waals surface area contributed by atoms with E-state index in [1.165, 1.54) is 10.5 Å². The number of carbonyl (C=O) groups excluding carboxylic acids is 1. The second kappa shape index (κ2) is 10.7. The van der Waals surface area contributed by atoms with E-state index in [1.807, 2.05) is 39.0 Å². The number of benzene rings is 1. The van der Waals surface area contributed by atoms with Crippen molar-refractivity contribution in [2.75, 3.05) is 6.61 Å². The molecule has 3 heterocycles. The van der Waals surface area contributed by atoms with E-state index in [0.717, 1.165) is 11.1 Å². The summed E-state index contributed by atoms with van der Waals surface area (Å²) in [6.07, 6.45) is 2.31. The minimum absolute atomic E-state index is 0.0489. The molecule has 0 saturated carbocycles. The normalized spacial score (nSPS) is 12.4. The average molecular weight is 512 g/mol. The van der Waals surface area contributed by atoms with Gasteiger partial charge in [0.1, 0.15) is 17.4 Å². The van der Waals surface area contributed by atoms with Crippen LogP contribution in [0.25, 0.3) is 16.7 Å². The number of fused-ring (bicyclic) bond motifs is 2. The fourth-order valence-electron chi connectivity index (χ4n) is 4.32. The lowest BCUT2D eigenvalue weighted by atomic mass is 9.87. The van der Waals surface area contributed by atoms with Gasteiger partial charge >= 0.3 is 0 Å². The molecule has 1 aromatic carbocycles. The summed E-state index contributed by atoms with van der Waals surface area (Å²) in [7, 11) is 0. The molecule has 0 aliphatic heterocycles. The van der Waals surface area contributed by atoms with Crippen molar-refractivity contribution in [1.29, 1.82) is 5.26 Å². The van der Waals surface area contributed by atoms with Crippen LogP contribution < -0.4 is 11.0 Å². The van der Waals surface area contributed by atoms with Crippen LogP contribution in [-0.4, -0.2) is 32.6 Å². The van der Waals surface area contributed by atoms with E-state index in [0.29, 0.717) is 36.4 Å². The molecule has 38 heavy (non-hydrogen) atoms. The second-order valence-electron chi connectivity index (χ2n) is 10.7. The Morgan fingerprint density at radius 2 is 1.87 bits per heavy atom. The molecule has 0 fully saturated rings. The molecule has 0 spiro atoms. The van der Waals surface area contributed by atoms with Gasteiger partial charge in [-0.3, -0.25) is 14.0 Å². The molecule has 1 amide bonds. The number of ether oxygens (including phenoxy) is 1. The van der Waals surface area contributed by atoms with E-state index in [1.54, 1.807) is 29.0 Å². The lowest BCUT2D eigenvalue weighted by Gasteiger charge is -2.18. The van der Waals surface area contributed by atoms with Gasteiger partial charge in [-0.1, -0.05) is 39.0 Å². The molecule has 196 valence electrons. The molecule has 4 aromatic rings. The van der Waals surface area contributed by atoms with E-state index >= 15 is 0 Å². The molecule has 0 unspecified atom stereocenters. The van der Waals surface area contributed by atoms with Gasteiger partial charge in [0.05, 0.1) is 17.1 Å². The predicted octanol–water partition coefficient (Wildman–Crippen LogP) is 4.68. The topological polar surface area (TPSA) is 102 Å². The monoisotopic (exact) mass is 511 g/mol. The highest BCUT2D eigenvalue weighted by Gasteiger charge is 2.17. The molecule has 8 nitrogen and oxygen atoms in total. The summed E-state index contributed by atoms with van der Waals surface area (Å²) in [5.41, 5.74) is 3.22. The minimum Gasteiger partial charge on any atom is -0.379 e. The van der Waals surface area contributed by atoms with Crippen molar-refractivity contribution in [3.63, 3.8) is 0 Å². The summed E-state index contributed by atoms with van der Waals surface area (Å²) < 4.78 is 8.89. The van der Waals surface area contributed by atoms with Crippen molar-refractivity contribution >= 4 is 22.6 Å². The summed E-state index contributed by atoms with van der Waals surface area (Å²) >= 11 is 0. The van der Waals surface area contributed by atoms with Crippen molar-refractivity contribution in [3.8, 4) is 6.07 Å². The van der Waals surface area contributed by atoms with Gasteiger partial charge in [-0.15, -0.1) is 0 Å². The Morgan fingerprint density at radius 1 is 1.16 bits per heavy atom. The van der Waals surface area contributed by atoms with Crippen molar-refractivity contribution in [1.82, 2.24) is 14.0 Å². The molecule has 0 N–H and O–H groups in total. The Balaban J connectivity index is 1.95. The zero-order valence-corrected chi connectivity index (χ0v) is 22.8. The lowest BCUT2D eigenvalue weighted by molar-refractivity contribution is 0.0748. The summed E-state index contributed by atoms with van der Waals surface area (Å²) in [6.45, 7) is 13.0. The zero-order chi connectivity index (χ0) is 27.6. The van der Waals surface area contributed by atoms with Crippen molar-refractivity contribution in [3.05, 3.63) is 86.8 Å². The van der Waals surface area contributed by atoms with E-state index in [2.05, 4.69) is 31.8 Å². The number of hydrogen-bond donors (Lipinski definition) is 0. The first-order valence-corrected chi connectivity index (χ1v) is 12.8. The SMILES string of the molecule is Cc1cccn2c(=O)c3cc(C#N)c(=NC(=O)c4ccc(C(C)(C)C)cc4)n(CCCOC(C)C)c3nc12. The molecule has 0 radical (unpaired) electrons. The average Bonchev–Trinajstić information content (AvgIpc) is 2.87. The maximum atomic E-state index is 13.4. The third kappa shape index (κ3) is 5.43. The number of pyridine rings is 2. The Bertz CT molecular complexity index is 1680. The Morgan fingerprint density at radius 3 is 2.50 bits per heavy atom. The number of hydrogen-bond acceptors (Lipinski definition) is 5. The van der Waals surface area contributed by atoms with E-state index < -0.39 is 5.91 Å². The predicted molar refractivity (Wildman–Crippen MR) is 147 cm³/mol. The fourth-order valence-corrected chi connectivity index (χ4v) is 4.32. The highest BCUT2D eigenvalue weighted by atomic mass is 16.5. The molecule has 0 bridgehead atoms. The first-order chi connectivity index (χ1) is 18.0. The third-order valence-electron chi connectivity index (χ3n) is 6.41. The summed E-state index contributed by atoms with van der Waals surface area (Å²) in [4.78, 5) is 35.9. The van der Waals surface area contributed by atoms with Gasteiger partial charge < -0.3 is 9.30 Å². The van der Waals surface area contributed by atoms with Crippen LogP contribution in [0.3, 0.4) is 0 Å². The number of carbonyl (C=O) groups is 1. The zero-order valence-electron chi connectivity index (χ0n) is 22.8. The number of rotatable bonds is 6. The van der Waals surface area contributed by atoms with Crippen LogP contribution in [0.2, 0.25) is 0 Å². The van der Waals surface area contributed by atoms with Gasteiger partial charge in [0.2, 0.25) is 0 Å². The Kier molecular flexibility index (Phi) is 7.61. The molecule has 4 rings (SSSR count). The van der Waals surface area contributed by atoms with Gasteiger partial charge in [-0.25, -0.2) is 4.98 Å². The van der Waals surface area contributed by atoms with Crippen LogP contribution in [0, 0.1) is 18.3 Å². The fraction of sp³-hybridized carbons (Fsp3) is 0.367. The van der Waals surface area contributed by atoms with Gasteiger partial charge in [-0.05, 0) is 68.0 Å². The summed E-state index contributed by atoms with van der Waals surface area (Å²) in [5, 5.41) is 10.3. The lowest BCUT2D eigenvalue weighted by Crippen LogP contribution is -2.30. The third-order valence-corrected chi connectivity index (χ3v) is 6.41. The Labute approximate surface area is 221 Å². The van der Waals surface area contributed by atoms with Crippen LogP contribution in [0.4, 0.5) is 0 Å². The number of nitriles is 1. The second-order valence-corrected chi connectivity index (χ2v) is 10.7. The molecule has 3 aromatic heterocycles. The summed E-state index contributed by atoms with van der Waals surface area (Å²) in [5.74, 6) is -0.470. The quantitative estimate of drug-likeness (QED) is 0.276. The molecular formula is C30H33N5O3. The molecule has 8 heteroatoms. The molecular weight excluding hydrogens is 478 g/mol. The van der Waals surface area contributed by atoms with Crippen LogP contribution in [0.5, 0.6) is 0 Å². The smallest absolute Gasteiger partial charge is 0.278 e. The highest BCUT2D eigenvalue weighted by Crippen LogP contribution is 2.22. The van der Waals surface area contributed by atoms with E-state index in [9.17, 15) is 14.9 Å².